The summed E-state index contributed by atoms with van der Waals surface area (Å²) in [6.07, 6.45) is 4.47. The van der Waals surface area contributed by atoms with E-state index >= 15 is 0 Å². The lowest BCUT2D eigenvalue weighted by atomic mass is 9.67. The van der Waals surface area contributed by atoms with Crippen LogP contribution in [0, 0.1) is 19.3 Å². The smallest absolute Gasteiger partial charge is 0.240 e. The Balaban J connectivity index is 2.23. The normalized spacial score (nSPS) is 17.5. The standard InChI is InChI=1S/C16H26N2O2S/c1-4-16(6-5-7-16)11-18-21(19,20)15-9-14(10-17)12(2)8-13(15)3/h8-9,18H,4-7,10-11,17H2,1-3H3. The molecule has 0 amide bonds. The van der Waals surface area contributed by atoms with Crippen molar-refractivity contribution >= 4 is 10.0 Å². The Kier molecular flexibility index (Phi) is 4.76. The zero-order valence-electron chi connectivity index (χ0n) is 13.2. The Bertz CT molecular complexity index is 614. The number of benzene rings is 1. The zero-order valence-corrected chi connectivity index (χ0v) is 14.0. The first-order valence-corrected chi connectivity index (χ1v) is 9.12. The van der Waals surface area contributed by atoms with Crippen molar-refractivity contribution in [1.82, 2.24) is 4.72 Å². The van der Waals surface area contributed by atoms with Crippen molar-refractivity contribution in [1.29, 1.82) is 0 Å². The van der Waals surface area contributed by atoms with Gasteiger partial charge < -0.3 is 5.73 Å². The molecular weight excluding hydrogens is 284 g/mol. The minimum absolute atomic E-state index is 0.169. The second-order valence-corrected chi connectivity index (χ2v) is 8.02. The minimum atomic E-state index is -3.47. The Labute approximate surface area is 128 Å². The summed E-state index contributed by atoms with van der Waals surface area (Å²) in [5.41, 5.74) is 8.56. The zero-order chi connectivity index (χ0) is 15.7. The molecular formula is C16H26N2O2S. The topological polar surface area (TPSA) is 72.2 Å². The van der Waals surface area contributed by atoms with Crippen LogP contribution in [0.2, 0.25) is 0 Å². The number of rotatable bonds is 6. The summed E-state index contributed by atoms with van der Waals surface area (Å²) in [4.78, 5) is 0.360. The van der Waals surface area contributed by atoms with Crippen LogP contribution in [0.4, 0.5) is 0 Å². The number of sulfonamides is 1. The van der Waals surface area contributed by atoms with Crippen LogP contribution in [0.1, 0.15) is 49.3 Å². The van der Waals surface area contributed by atoms with Crippen molar-refractivity contribution in [3.05, 3.63) is 28.8 Å². The molecule has 0 aliphatic heterocycles. The summed E-state index contributed by atoms with van der Waals surface area (Å²) in [6.45, 7) is 6.82. The molecule has 21 heavy (non-hydrogen) atoms. The summed E-state index contributed by atoms with van der Waals surface area (Å²) in [6, 6.07) is 3.61. The van der Waals surface area contributed by atoms with Gasteiger partial charge in [0.25, 0.3) is 0 Å². The van der Waals surface area contributed by atoms with E-state index in [4.69, 9.17) is 5.73 Å². The third kappa shape index (κ3) is 3.30. The second-order valence-electron chi connectivity index (χ2n) is 6.28. The van der Waals surface area contributed by atoms with E-state index in [1.807, 2.05) is 19.9 Å². The van der Waals surface area contributed by atoms with Gasteiger partial charge in [0.2, 0.25) is 10.0 Å². The van der Waals surface area contributed by atoms with Crippen LogP contribution in [-0.4, -0.2) is 15.0 Å². The summed E-state index contributed by atoms with van der Waals surface area (Å²) >= 11 is 0. The molecule has 1 aliphatic carbocycles. The van der Waals surface area contributed by atoms with Gasteiger partial charge in [-0.15, -0.1) is 0 Å². The molecule has 1 saturated carbocycles. The average molecular weight is 310 g/mol. The van der Waals surface area contributed by atoms with Gasteiger partial charge in [0, 0.05) is 13.1 Å². The Hall–Kier alpha value is -0.910. The lowest BCUT2D eigenvalue weighted by molar-refractivity contribution is 0.133. The van der Waals surface area contributed by atoms with Gasteiger partial charge in [-0.05, 0) is 61.3 Å². The molecule has 5 heteroatoms. The summed E-state index contributed by atoms with van der Waals surface area (Å²) in [5.74, 6) is 0. The van der Waals surface area contributed by atoms with Gasteiger partial charge >= 0.3 is 0 Å². The molecule has 0 atom stereocenters. The molecule has 0 aromatic heterocycles. The van der Waals surface area contributed by atoms with Crippen molar-refractivity contribution in [2.75, 3.05) is 6.54 Å². The van der Waals surface area contributed by atoms with Gasteiger partial charge in [0.15, 0.2) is 0 Å². The van der Waals surface area contributed by atoms with Crippen LogP contribution in [0.3, 0.4) is 0 Å². The Morgan fingerprint density at radius 2 is 1.90 bits per heavy atom. The van der Waals surface area contributed by atoms with Crippen LogP contribution < -0.4 is 10.5 Å². The fraction of sp³-hybridized carbons (Fsp3) is 0.625. The van der Waals surface area contributed by atoms with E-state index in [0.717, 1.165) is 36.0 Å². The summed E-state index contributed by atoms with van der Waals surface area (Å²) < 4.78 is 28.0. The van der Waals surface area contributed by atoms with Gasteiger partial charge in [-0.25, -0.2) is 13.1 Å². The third-order valence-electron chi connectivity index (χ3n) is 4.94. The Morgan fingerprint density at radius 3 is 2.38 bits per heavy atom. The van der Waals surface area contributed by atoms with E-state index in [1.165, 1.54) is 6.42 Å². The molecule has 2 rings (SSSR count). The third-order valence-corrected chi connectivity index (χ3v) is 6.49. The highest BCUT2D eigenvalue weighted by molar-refractivity contribution is 7.89. The minimum Gasteiger partial charge on any atom is -0.326 e. The molecule has 118 valence electrons. The Morgan fingerprint density at radius 1 is 1.24 bits per heavy atom. The van der Waals surface area contributed by atoms with E-state index in [-0.39, 0.29) is 5.41 Å². The highest BCUT2D eigenvalue weighted by atomic mass is 32.2. The lowest BCUT2D eigenvalue weighted by Crippen LogP contribution is -2.41. The molecule has 0 spiro atoms. The van der Waals surface area contributed by atoms with E-state index < -0.39 is 10.0 Å². The average Bonchev–Trinajstić information content (AvgIpc) is 2.37. The number of nitrogens with one attached hydrogen (secondary N) is 1. The first-order valence-electron chi connectivity index (χ1n) is 7.63. The maximum atomic E-state index is 12.6. The van der Waals surface area contributed by atoms with Crippen molar-refractivity contribution in [3.63, 3.8) is 0 Å². The summed E-state index contributed by atoms with van der Waals surface area (Å²) in [5, 5.41) is 0. The van der Waals surface area contributed by atoms with Crippen LogP contribution >= 0.6 is 0 Å². The number of aryl methyl sites for hydroxylation is 2. The quantitative estimate of drug-likeness (QED) is 0.848. The first-order chi connectivity index (χ1) is 9.83. The summed E-state index contributed by atoms with van der Waals surface area (Å²) in [7, 11) is -3.47. The van der Waals surface area contributed by atoms with E-state index in [2.05, 4.69) is 11.6 Å². The number of nitrogens with two attached hydrogens (primary N) is 1. The highest BCUT2D eigenvalue weighted by Gasteiger charge is 2.36. The molecule has 0 saturated heterocycles. The molecule has 1 fully saturated rings. The molecule has 4 nitrogen and oxygen atoms in total. The van der Waals surface area contributed by atoms with E-state index in [0.29, 0.717) is 18.0 Å². The van der Waals surface area contributed by atoms with Gasteiger partial charge in [-0.1, -0.05) is 19.4 Å². The SMILES string of the molecule is CCC1(CNS(=O)(=O)c2cc(CN)c(C)cc2C)CCC1. The molecule has 3 N–H and O–H groups in total. The van der Waals surface area contributed by atoms with E-state index in [9.17, 15) is 8.42 Å². The molecule has 0 unspecified atom stereocenters. The predicted octanol–water partition coefficient (Wildman–Crippen LogP) is 2.62. The van der Waals surface area contributed by atoms with Crippen LogP contribution in [0.25, 0.3) is 0 Å². The fourth-order valence-electron chi connectivity index (χ4n) is 3.04. The van der Waals surface area contributed by atoms with Crippen molar-refractivity contribution in [2.45, 2.75) is 57.9 Å². The van der Waals surface area contributed by atoms with Crippen molar-refractivity contribution in [3.8, 4) is 0 Å². The molecule has 0 radical (unpaired) electrons. The van der Waals surface area contributed by atoms with E-state index in [1.54, 1.807) is 6.07 Å². The van der Waals surface area contributed by atoms with Crippen molar-refractivity contribution < 1.29 is 8.42 Å². The molecule has 0 bridgehead atoms. The monoisotopic (exact) mass is 310 g/mol. The van der Waals surface area contributed by atoms with Gasteiger partial charge in [0.1, 0.15) is 0 Å². The largest absolute Gasteiger partial charge is 0.326 e. The second kappa shape index (κ2) is 6.07. The van der Waals surface area contributed by atoms with Crippen LogP contribution in [-0.2, 0) is 16.6 Å². The van der Waals surface area contributed by atoms with Crippen LogP contribution in [0.5, 0.6) is 0 Å². The van der Waals surface area contributed by atoms with Gasteiger partial charge in [-0.3, -0.25) is 0 Å². The molecule has 1 aliphatic rings. The fourth-order valence-corrected chi connectivity index (χ4v) is 4.47. The first kappa shape index (κ1) is 16.5. The maximum Gasteiger partial charge on any atom is 0.240 e. The number of hydrogen-bond donors (Lipinski definition) is 2. The molecule has 1 aromatic carbocycles. The van der Waals surface area contributed by atoms with Gasteiger partial charge in [-0.2, -0.15) is 0 Å². The lowest BCUT2D eigenvalue weighted by Gasteiger charge is -2.41. The highest BCUT2D eigenvalue weighted by Crippen LogP contribution is 2.43. The maximum absolute atomic E-state index is 12.6. The molecule has 1 aromatic rings. The number of hydrogen-bond acceptors (Lipinski definition) is 3. The van der Waals surface area contributed by atoms with Crippen LogP contribution in [0.15, 0.2) is 17.0 Å². The predicted molar refractivity (Wildman–Crippen MR) is 85.6 cm³/mol. The van der Waals surface area contributed by atoms with Gasteiger partial charge in [0.05, 0.1) is 4.90 Å². The van der Waals surface area contributed by atoms with Crippen molar-refractivity contribution in [2.24, 2.45) is 11.1 Å². The molecule has 0 heterocycles.